The van der Waals surface area contributed by atoms with Crippen molar-refractivity contribution in [2.75, 3.05) is 26.3 Å². The largest absolute Gasteiger partial charge is 0.486 e. The van der Waals surface area contributed by atoms with Gasteiger partial charge in [0.05, 0.1) is 11.6 Å². The molecule has 1 unspecified atom stereocenters. The number of rotatable bonds is 5. The van der Waals surface area contributed by atoms with E-state index >= 15 is 0 Å². The van der Waals surface area contributed by atoms with E-state index in [0.29, 0.717) is 30.3 Å². The van der Waals surface area contributed by atoms with E-state index in [1.54, 1.807) is 0 Å². The minimum absolute atomic E-state index is 0.0136. The number of benzene rings is 2. The van der Waals surface area contributed by atoms with Gasteiger partial charge in [-0.3, -0.25) is 9.69 Å². The Labute approximate surface area is 172 Å². The summed E-state index contributed by atoms with van der Waals surface area (Å²) in [7, 11) is 0. The van der Waals surface area contributed by atoms with Gasteiger partial charge in [-0.1, -0.05) is 36.4 Å². The van der Waals surface area contributed by atoms with E-state index in [4.69, 9.17) is 9.47 Å². The smallest absolute Gasteiger partial charge is 0.255 e. The van der Waals surface area contributed by atoms with Gasteiger partial charge >= 0.3 is 0 Å². The fourth-order valence-electron chi connectivity index (χ4n) is 5.12. The summed E-state index contributed by atoms with van der Waals surface area (Å²) >= 11 is 0. The molecule has 0 aromatic heterocycles. The molecule has 1 amide bonds. The molecule has 0 radical (unpaired) electrons. The zero-order chi connectivity index (χ0) is 19.7. The number of likely N-dealkylation sites (tertiary alicyclic amines) is 1. The summed E-state index contributed by atoms with van der Waals surface area (Å²) < 4.78 is 11.5. The Morgan fingerprint density at radius 3 is 2.41 bits per heavy atom. The average molecular weight is 392 g/mol. The molecule has 1 saturated heterocycles. The molecule has 0 spiro atoms. The second-order valence-electron chi connectivity index (χ2n) is 8.30. The van der Waals surface area contributed by atoms with Crippen molar-refractivity contribution in [3.8, 4) is 11.5 Å². The van der Waals surface area contributed by atoms with Gasteiger partial charge < -0.3 is 14.8 Å². The second-order valence-corrected chi connectivity index (χ2v) is 8.30. The van der Waals surface area contributed by atoms with Crippen LogP contribution in [0.3, 0.4) is 0 Å². The first-order chi connectivity index (χ1) is 14.3. The van der Waals surface area contributed by atoms with Gasteiger partial charge in [-0.05, 0) is 62.9 Å². The third-order valence-electron chi connectivity index (χ3n) is 6.71. The van der Waals surface area contributed by atoms with Crippen molar-refractivity contribution in [2.45, 2.75) is 43.7 Å². The molecule has 3 aliphatic rings. The van der Waals surface area contributed by atoms with Gasteiger partial charge in [0, 0.05) is 5.54 Å². The van der Waals surface area contributed by atoms with Crippen LogP contribution < -0.4 is 14.8 Å². The standard InChI is InChI=1S/C24H28N2O3/c27-23(19-10-6-11-20-21(19)29-17-16-28-20)25-22(18-8-2-1-3-9-18)24(12-7-13-24)26-14-4-5-15-26/h1-3,6,8-11,22H,4-5,7,12-17H2,(H,25,27). The number of amides is 1. The SMILES string of the molecule is O=C(NC(c1ccccc1)C1(N2CCCC2)CCC1)c1cccc2c1OCCO2. The molecule has 2 aromatic carbocycles. The lowest BCUT2D eigenvalue weighted by molar-refractivity contribution is -0.000496. The quantitative estimate of drug-likeness (QED) is 0.837. The lowest BCUT2D eigenvalue weighted by Crippen LogP contribution is -2.60. The second kappa shape index (κ2) is 7.71. The van der Waals surface area contributed by atoms with E-state index in [0.717, 1.165) is 25.9 Å². The molecule has 5 nitrogen and oxygen atoms in total. The number of para-hydroxylation sites is 1. The Hall–Kier alpha value is -2.53. The number of hydrogen-bond donors (Lipinski definition) is 1. The molecule has 152 valence electrons. The topological polar surface area (TPSA) is 50.8 Å². The van der Waals surface area contributed by atoms with Gasteiger partial charge in [0.2, 0.25) is 0 Å². The Morgan fingerprint density at radius 2 is 1.69 bits per heavy atom. The summed E-state index contributed by atoms with van der Waals surface area (Å²) in [6, 6.07) is 15.9. The highest BCUT2D eigenvalue weighted by Gasteiger charge is 2.50. The van der Waals surface area contributed by atoms with Crippen molar-refractivity contribution in [3.05, 3.63) is 59.7 Å². The summed E-state index contributed by atoms with van der Waals surface area (Å²) in [6.45, 7) is 3.23. The number of fused-ring (bicyclic) bond motifs is 1. The zero-order valence-corrected chi connectivity index (χ0v) is 16.7. The van der Waals surface area contributed by atoms with Crippen LogP contribution in [0.2, 0.25) is 0 Å². The van der Waals surface area contributed by atoms with Crippen LogP contribution >= 0.6 is 0 Å². The normalized spacial score (nSPS) is 21.2. The third-order valence-corrected chi connectivity index (χ3v) is 6.71. The predicted molar refractivity (Wildman–Crippen MR) is 111 cm³/mol. The van der Waals surface area contributed by atoms with Crippen molar-refractivity contribution < 1.29 is 14.3 Å². The lowest BCUT2D eigenvalue weighted by atomic mass is 9.68. The van der Waals surface area contributed by atoms with Gasteiger partial charge in [0.25, 0.3) is 5.91 Å². The molecule has 0 bridgehead atoms. The molecular weight excluding hydrogens is 364 g/mol. The molecule has 2 fully saturated rings. The summed E-state index contributed by atoms with van der Waals surface area (Å²) in [6.07, 6.45) is 5.95. The Balaban J connectivity index is 1.49. The molecule has 5 rings (SSSR count). The van der Waals surface area contributed by atoms with E-state index in [-0.39, 0.29) is 17.5 Å². The van der Waals surface area contributed by atoms with E-state index in [1.165, 1.54) is 24.8 Å². The first kappa shape index (κ1) is 18.5. The van der Waals surface area contributed by atoms with Crippen molar-refractivity contribution in [1.29, 1.82) is 0 Å². The fraction of sp³-hybridized carbons (Fsp3) is 0.458. The predicted octanol–water partition coefficient (Wildman–Crippen LogP) is 3.95. The maximum atomic E-state index is 13.4. The minimum atomic E-state index is -0.0910. The van der Waals surface area contributed by atoms with Crippen molar-refractivity contribution in [3.63, 3.8) is 0 Å². The lowest BCUT2D eigenvalue weighted by Gasteiger charge is -2.54. The molecule has 1 aliphatic carbocycles. The van der Waals surface area contributed by atoms with Gasteiger partial charge in [0.1, 0.15) is 13.2 Å². The van der Waals surface area contributed by atoms with Crippen molar-refractivity contribution >= 4 is 5.91 Å². The minimum Gasteiger partial charge on any atom is -0.486 e. The number of carbonyl (C=O) groups is 1. The summed E-state index contributed by atoms with van der Waals surface area (Å²) in [5.74, 6) is 1.12. The molecule has 2 heterocycles. The number of ether oxygens (including phenoxy) is 2. The van der Waals surface area contributed by atoms with Gasteiger partial charge in [-0.25, -0.2) is 0 Å². The molecule has 29 heavy (non-hydrogen) atoms. The van der Waals surface area contributed by atoms with Crippen LogP contribution in [-0.2, 0) is 0 Å². The Morgan fingerprint density at radius 1 is 0.931 bits per heavy atom. The van der Waals surface area contributed by atoms with Crippen LogP contribution in [0.15, 0.2) is 48.5 Å². The summed E-state index contributed by atoms with van der Waals surface area (Å²) in [5.41, 5.74) is 1.74. The number of nitrogens with zero attached hydrogens (tertiary/aromatic N) is 1. The van der Waals surface area contributed by atoms with E-state index < -0.39 is 0 Å². The van der Waals surface area contributed by atoms with Crippen LogP contribution in [-0.4, -0.2) is 42.6 Å². The van der Waals surface area contributed by atoms with E-state index in [1.807, 2.05) is 24.3 Å². The molecule has 5 heteroatoms. The first-order valence-corrected chi connectivity index (χ1v) is 10.8. The molecule has 2 aliphatic heterocycles. The molecule has 1 N–H and O–H groups in total. The third kappa shape index (κ3) is 3.27. The highest BCUT2D eigenvalue weighted by Crippen LogP contribution is 2.48. The molecule has 1 atom stereocenters. The van der Waals surface area contributed by atoms with Crippen molar-refractivity contribution in [2.24, 2.45) is 0 Å². The van der Waals surface area contributed by atoms with Crippen LogP contribution in [0.5, 0.6) is 11.5 Å². The van der Waals surface area contributed by atoms with Crippen LogP contribution in [0.25, 0.3) is 0 Å². The fourth-order valence-corrected chi connectivity index (χ4v) is 5.12. The average Bonchev–Trinajstić information content (AvgIpc) is 3.27. The maximum Gasteiger partial charge on any atom is 0.255 e. The zero-order valence-electron chi connectivity index (χ0n) is 16.7. The van der Waals surface area contributed by atoms with E-state index in [2.05, 4.69) is 34.5 Å². The molecule has 1 saturated carbocycles. The Bertz CT molecular complexity index is 873. The molecular formula is C24H28N2O3. The first-order valence-electron chi connectivity index (χ1n) is 10.8. The van der Waals surface area contributed by atoms with Crippen LogP contribution in [0.1, 0.15) is 54.1 Å². The summed E-state index contributed by atoms with van der Waals surface area (Å²) in [4.78, 5) is 16.1. The highest BCUT2D eigenvalue weighted by molar-refractivity contribution is 5.98. The maximum absolute atomic E-state index is 13.4. The van der Waals surface area contributed by atoms with Crippen molar-refractivity contribution in [1.82, 2.24) is 10.2 Å². The number of hydrogen-bond acceptors (Lipinski definition) is 4. The monoisotopic (exact) mass is 392 g/mol. The van der Waals surface area contributed by atoms with Crippen LogP contribution in [0.4, 0.5) is 0 Å². The summed E-state index contributed by atoms with van der Waals surface area (Å²) in [5, 5.41) is 3.40. The van der Waals surface area contributed by atoms with Gasteiger partial charge in [-0.2, -0.15) is 0 Å². The number of carbonyl (C=O) groups excluding carboxylic acids is 1. The Kier molecular flexibility index (Phi) is 4.92. The molecule has 2 aromatic rings. The number of nitrogens with one attached hydrogen (secondary N) is 1. The highest BCUT2D eigenvalue weighted by atomic mass is 16.6. The van der Waals surface area contributed by atoms with E-state index in [9.17, 15) is 4.79 Å². The van der Waals surface area contributed by atoms with Gasteiger partial charge in [0.15, 0.2) is 11.5 Å². The van der Waals surface area contributed by atoms with Crippen LogP contribution in [0, 0.1) is 0 Å². The van der Waals surface area contributed by atoms with Gasteiger partial charge in [-0.15, -0.1) is 0 Å².